The summed E-state index contributed by atoms with van der Waals surface area (Å²) in [6.07, 6.45) is 2.86. The molecule has 1 N–H and O–H groups in total. The average molecular weight is 320 g/mol. The summed E-state index contributed by atoms with van der Waals surface area (Å²) < 4.78 is 1.01. The lowest BCUT2D eigenvalue weighted by Gasteiger charge is -2.19. The molecular weight excluding hydrogens is 302 g/mol. The van der Waals surface area contributed by atoms with Gasteiger partial charge in [0, 0.05) is 32.0 Å². The third kappa shape index (κ3) is 4.24. The number of anilines is 2. The summed E-state index contributed by atoms with van der Waals surface area (Å²) in [5, 5.41) is 3.34. The van der Waals surface area contributed by atoms with Gasteiger partial charge in [0.1, 0.15) is 5.82 Å². The Hall–Kier alpha value is -1.55. The van der Waals surface area contributed by atoms with E-state index in [1.54, 1.807) is 6.20 Å². The highest BCUT2D eigenvalue weighted by Gasteiger charge is 2.01. The van der Waals surface area contributed by atoms with E-state index in [9.17, 15) is 0 Å². The van der Waals surface area contributed by atoms with E-state index in [0.717, 1.165) is 29.8 Å². The average Bonchev–Trinajstić information content (AvgIpc) is 2.46. The van der Waals surface area contributed by atoms with Crippen molar-refractivity contribution < 1.29 is 0 Å². The van der Waals surface area contributed by atoms with E-state index in [1.165, 1.54) is 5.69 Å². The summed E-state index contributed by atoms with van der Waals surface area (Å²) in [5.41, 5.74) is 1.25. The standard InChI is InChI=1S/C15H18BrN3/c1-19(13-7-3-2-4-8-13)12-6-11-18-15-14(16)9-5-10-17-15/h2-5,7-10H,6,11-12H2,1H3,(H,17,18). The molecule has 1 heterocycles. The molecule has 1 aromatic heterocycles. The van der Waals surface area contributed by atoms with Gasteiger partial charge in [-0.25, -0.2) is 4.98 Å². The molecular formula is C15H18BrN3. The topological polar surface area (TPSA) is 28.2 Å². The first kappa shape index (κ1) is 13.9. The zero-order valence-corrected chi connectivity index (χ0v) is 12.6. The number of hydrogen-bond donors (Lipinski definition) is 1. The van der Waals surface area contributed by atoms with E-state index in [4.69, 9.17) is 0 Å². The molecule has 0 radical (unpaired) electrons. The molecule has 0 saturated carbocycles. The highest BCUT2D eigenvalue weighted by atomic mass is 79.9. The smallest absolute Gasteiger partial charge is 0.140 e. The molecule has 1 aromatic carbocycles. The van der Waals surface area contributed by atoms with Gasteiger partial charge in [-0.1, -0.05) is 18.2 Å². The number of rotatable bonds is 6. The van der Waals surface area contributed by atoms with Crippen molar-refractivity contribution in [3.05, 3.63) is 53.1 Å². The number of nitrogens with one attached hydrogen (secondary N) is 1. The van der Waals surface area contributed by atoms with Crippen LogP contribution >= 0.6 is 15.9 Å². The Morgan fingerprint density at radius 2 is 1.95 bits per heavy atom. The molecule has 0 aliphatic rings. The number of halogens is 1. The van der Waals surface area contributed by atoms with E-state index >= 15 is 0 Å². The molecule has 2 rings (SSSR count). The second-order valence-corrected chi connectivity index (χ2v) is 5.23. The third-order valence-electron chi connectivity index (χ3n) is 2.92. The summed E-state index contributed by atoms with van der Waals surface area (Å²) >= 11 is 3.48. The molecule has 0 fully saturated rings. The number of benzene rings is 1. The van der Waals surface area contributed by atoms with Crippen LogP contribution in [-0.4, -0.2) is 25.1 Å². The molecule has 0 saturated heterocycles. The first-order valence-electron chi connectivity index (χ1n) is 6.38. The molecule has 4 heteroatoms. The maximum atomic E-state index is 4.28. The largest absolute Gasteiger partial charge is 0.375 e. The van der Waals surface area contributed by atoms with Crippen LogP contribution in [-0.2, 0) is 0 Å². The van der Waals surface area contributed by atoms with E-state index in [0.29, 0.717) is 0 Å². The number of para-hydroxylation sites is 1. The first-order valence-corrected chi connectivity index (χ1v) is 7.17. The molecule has 0 atom stereocenters. The fourth-order valence-electron chi connectivity index (χ4n) is 1.85. The highest BCUT2D eigenvalue weighted by molar-refractivity contribution is 9.10. The summed E-state index contributed by atoms with van der Waals surface area (Å²) in [4.78, 5) is 6.54. The van der Waals surface area contributed by atoms with Gasteiger partial charge < -0.3 is 10.2 Å². The third-order valence-corrected chi connectivity index (χ3v) is 3.56. The molecule has 0 amide bonds. The summed E-state index contributed by atoms with van der Waals surface area (Å²) in [6, 6.07) is 14.3. The SMILES string of the molecule is CN(CCCNc1ncccc1Br)c1ccccc1. The van der Waals surface area contributed by atoms with Crippen molar-refractivity contribution >= 4 is 27.4 Å². The minimum Gasteiger partial charge on any atom is -0.375 e. The van der Waals surface area contributed by atoms with Crippen LogP contribution in [0.25, 0.3) is 0 Å². The molecule has 3 nitrogen and oxygen atoms in total. The second-order valence-electron chi connectivity index (χ2n) is 4.37. The van der Waals surface area contributed by atoms with Crippen molar-refractivity contribution in [3.63, 3.8) is 0 Å². The fraction of sp³-hybridized carbons (Fsp3) is 0.267. The first-order chi connectivity index (χ1) is 9.27. The van der Waals surface area contributed by atoms with Gasteiger partial charge in [-0.15, -0.1) is 0 Å². The van der Waals surface area contributed by atoms with Gasteiger partial charge in [0.25, 0.3) is 0 Å². The zero-order valence-electron chi connectivity index (χ0n) is 11.0. The van der Waals surface area contributed by atoms with Crippen molar-refractivity contribution in [3.8, 4) is 0 Å². The van der Waals surface area contributed by atoms with Gasteiger partial charge in [0.05, 0.1) is 4.47 Å². The Labute approximate surface area is 122 Å². The molecule has 0 bridgehead atoms. The molecule has 0 aliphatic heterocycles. The Morgan fingerprint density at radius 1 is 1.16 bits per heavy atom. The van der Waals surface area contributed by atoms with E-state index < -0.39 is 0 Å². The minimum atomic E-state index is 0.907. The summed E-state index contributed by atoms with van der Waals surface area (Å²) in [7, 11) is 2.12. The maximum Gasteiger partial charge on any atom is 0.140 e. The van der Waals surface area contributed by atoms with Crippen LogP contribution in [0.1, 0.15) is 6.42 Å². The normalized spacial score (nSPS) is 10.2. The van der Waals surface area contributed by atoms with Crippen LogP contribution in [0, 0.1) is 0 Å². The summed E-state index contributed by atoms with van der Waals surface area (Å²) in [6.45, 7) is 1.92. The zero-order chi connectivity index (χ0) is 13.5. The molecule has 0 aliphatic carbocycles. The van der Waals surface area contributed by atoms with Crippen LogP contribution in [0.15, 0.2) is 53.1 Å². The minimum absolute atomic E-state index is 0.907. The van der Waals surface area contributed by atoms with Crippen molar-refractivity contribution in [1.29, 1.82) is 0 Å². The molecule has 2 aromatic rings. The Morgan fingerprint density at radius 3 is 2.68 bits per heavy atom. The van der Waals surface area contributed by atoms with E-state index in [1.807, 2.05) is 18.2 Å². The number of nitrogens with zero attached hydrogens (tertiary/aromatic N) is 2. The van der Waals surface area contributed by atoms with Crippen molar-refractivity contribution in [2.45, 2.75) is 6.42 Å². The number of aromatic nitrogens is 1. The monoisotopic (exact) mass is 319 g/mol. The van der Waals surface area contributed by atoms with Crippen molar-refractivity contribution in [1.82, 2.24) is 4.98 Å². The predicted octanol–water partition coefficient (Wildman–Crippen LogP) is 3.78. The number of pyridine rings is 1. The maximum absolute atomic E-state index is 4.28. The van der Waals surface area contributed by atoms with E-state index in [2.05, 4.69) is 62.4 Å². The van der Waals surface area contributed by atoms with Gasteiger partial charge in [-0.2, -0.15) is 0 Å². The molecule has 100 valence electrons. The van der Waals surface area contributed by atoms with Crippen molar-refractivity contribution in [2.24, 2.45) is 0 Å². The summed E-state index contributed by atoms with van der Waals surface area (Å²) in [5.74, 6) is 0.907. The van der Waals surface area contributed by atoms with Gasteiger partial charge in [-0.05, 0) is 46.6 Å². The van der Waals surface area contributed by atoms with Gasteiger partial charge in [-0.3, -0.25) is 0 Å². The van der Waals surface area contributed by atoms with Gasteiger partial charge in [0.15, 0.2) is 0 Å². The van der Waals surface area contributed by atoms with Gasteiger partial charge in [0.2, 0.25) is 0 Å². The number of hydrogen-bond acceptors (Lipinski definition) is 3. The molecule has 0 spiro atoms. The Balaban J connectivity index is 1.74. The Bertz CT molecular complexity index is 502. The lowest BCUT2D eigenvalue weighted by atomic mass is 10.3. The van der Waals surface area contributed by atoms with E-state index in [-0.39, 0.29) is 0 Å². The molecule has 19 heavy (non-hydrogen) atoms. The molecule has 0 unspecified atom stereocenters. The lowest BCUT2D eigenvalue weighted by molar-refractivity contribution is 0.814. The van der Waals surface area contributed by atoms with Crippen LogP contribution in [0.4, 0.5) is 11.5 Å². The predicted molar refractivity (Wildman–Crippen MR) is 84.8 cm³/mol. The van der Waals surface area contributed by atoms with Crippen LogP contribution in [0.2, 0.25) is 0 Å². The fourth-order valence-corrected chi connectivity index (χ4v) is 2.25. The second kappa shape index (κ2) is 7.14. The van der Waals surface area contributed by atoms with Gasteiger partial charge >= 0.3 is 0 Å². The lowest BCUT2D eigenvalue weighted by Crippen LogP contribution is -2.20. The van der Waals surface area contributed by atoms with Crippen LogP contribution in [0.3, 0.4) is 0 Å². The van der Waals surface area contributed by atoms with Crippen LogP contribution < -0.4 is 10.2 Å². The Kier molecular flexibility index (Phi) is 5.21. The highest BCUT2D eigenvalue weighted by Crippen LogP contribution is 2.18. The van der Waals surface area contributed by atoms with Crippen molar-refractivity contribution in [2.75, 3.05) is 30.4 Å². The van der Waals surface area contributed by atoms with Crippen LogP contribution in [0.5, 0.6) is 0 Å². The quantitative estimate of drug-likeness (QED) is 0.821.